The van der Waals surface area contributed by atoms with Crippen molar-refractivity contribution in [1.82, 2.24) is 10.2 Å². The molecular formula is C14H32N2O. The number of hydrogen-bond donors (Lipinski definition) is 1. The standard InChI is InChI=1S/C14H32N2O/c1-7-15-13(4)10-14(5)16(8-9-17-6)11-12(2)3/h12-15H,7-11H2,1-6H3. The molecule has 3 heteroatoms. The van der Waals surface area contributed by atoms with Gasteiger partial charge >= 0.3 is 0 Å². The van der Waals surface area contributed by atoms with Gasteiger partial charge in [-0.25, -0.2) is 0 Å². The second-order valence-corrected chi connectivity index (χ2v) is 5.43. The maximum atomic E-state index is 5.20. The van der Waals surface area contributed by atoms with E-state index in [0.29, 0.717) is 18.0 Å². The Bertz CT molecular complexity index is 174. The van der Waals surface area contributed by atoms with Crippen LogP contribution in [0, 0.1) is 5.92 Å². The fourth-order valence-electron chi connectivity index (χ4n) is 2.26. The van der Waals surface area contributed by atoms with Gasteiger partial charge in [0.2, 0.25) is 0 Å². The molecule has 0 aromatic heterocycles. The summed E-state index contributed by atoms with van der Waals surface area (Å²) in [6.45, 7) is 15.4. The average molecular weight is 244 g/mol. The summed E-state index contributed by atoms with van der Waals surface area (Å²) in [5, 5.41) is 3.48. The SMILES string of the molecule is CCNC(C)CC(C)N(CCOC)CC(C)C. The Morgan fingerprint density at radius 2 is 1.82 bits per heavy atom. The first-order chi connectivity index (χ1) is 8.01. The van der Waals surface area contributed by atoms with Crippen LogP contribution in [-0.2, 0) is 4.74 Å². The Morgan fingerprint density at radius 3 is 2.29 bits per heavy atom. The molecule has 0 saturated carbocycles. The van der Waals surface area contributed by atoms with Crippen molar-refractivity contribution in [3.8, 4) is 0 Å². The van der Waals surface area contributed by atoms with Gasteiger partial charge in [0.1, 0.15) is 0 Å². The minimum atomic E-state index is 0.590. The van der Waals surface area contributed by atoms with Crippen LogP contribution in [0.5, 0.6) is 0 Å². The molecule has 2 unspecified atom stereocenters. The van der Waals surface area contributed by atoms with Crippen LogP contribution in [0.15, 0.2) is 0 Å². The van der Waals surface area contributed by atoms with Gasteiger partial charge in [0.25, 0.3) is 0 Å². The molecule has 0 amide bonds. The average Bonchev–Trinajstić information content (AvgIpc) is 2.23. The van der Waals surface area contributed by atoms with Crippen molar-refractivity contribution in [2.45, 2.75) is 53.1 Å². The van der Waals surface area contributed by atoms with Crippen molar-refractivity contribution in [3.63, 3.8) is 0 Å². The molecule has 3 nitrogen and oxygen atoms in total. The molecule has 0 saturated heterocycles. The smallest absolute Gasteiger partial charge is 0.0589 e. The van der Waals surface area contributed by atoms with Gasteiger partial charge in [0, 0.05) is 32.3 Å². The van der Waals surface area contributed by atoms with Crippen LogP contribution in [0.2, 0.25) is 0 Å². The van der Waals surface area contributed by atoms with Crippen LogP contribution in [0.25, 0.3) is 0 Å². The predicted molar refractivity (Wildman–Crippen MR) is 75.5 cm³/mol. The van der Waals surface area contributed by atoms with E-state index in [0.717, 1.165) is 26.2 Å². The van der Waals surface area contributed by atoms with Gasteiger partial charge in [-0.05, 0) is 32.7 Å². The summed E-state index contributed by atoms with van der Waals surface area (Å²) >= 11 is 0. The zero-order valence-electron chi connectivity index (χ0n) is 12.6. The van der Waals surface area contributed by atoms with Crippen molar-refractivity contribution in [2.75, 3.05) is 33.4 Å². The van der Waals surface area contributed by atoms with Gasteiger partial charge < -0.3 is 10.1 Å². The minimum Gasteiger partial charge on any atom is -0.383 e. The molecule has 0 fully saturated rings. The first-order valence-electron chi connectivity index (χ1n) is 6.97. The number of methoxy groups -OCH3 is 1. The molecule has 2 atom stereocenters. The van der Waals surface area contributed by atoms with Crippen LogP contribution >= 0.6 is 0 Å². The lowest BCUT2D eigenvalue weighted by Gasteiger charge is -2.32. The Hall–Kier alpha value is -0.120. The van der Waals surface area contributed by atoms with Crippen molar-refractivity contribution in [3.05, 3.63) is 0 Å². The monoisotopic (exact) mass is 244 g/mol. The number of nitrogens with one attached hydrogen (secondary N) is 1. The largest absolute Gasteiger partial charge is 0.383 e. The molecule has 0 rings (SSSR count). The fourth-order valence-corrected chi connectivity index (χ4v) is 2.26. The zero-order chi connectivity index (χ0) is 13.3. The van der Waals surface area contributed by atoms with E-state index in [2.05, 4.69) is 44.8 Å². The van der Waals surface area contributed by atoms with E-state index in [1.807, 2.05) is 0 Å². The molecule has 0 aliphatic heterocycles. The molecule has 17 heavy (non-hydrogen) atoms. The molecule has 104 valence electrons. The molecule has 0 spiro atoms. The van der Waals surface area contributed by atoms with Crippen LogP contribution in [0.3, 0.4) is 0 Å². The lowest BCUT2D eigenvalue weighted by atomic mass is 10.1. The highest BCUT2D eigenvalue weighted by atomic mass is 16.5. The molecule has 0 aliphatic rings. The topological polar surface area (TPSA) is 24.5 Å². The lowest BCUT2D eigenvalue weighted by molar-refractivity contribution is 0.108. The molecule has 0 aromatic rings. The second kappa shape index (κ2) is 9.86. The third-order valence-corrected chi connectivity index (χ3v) is 3.05. The first-order valence-corrected chi connectivity index (χ1v) is 6.97. The number of rotatable bonds is 10. The Balaban J connectivity index is 4.14. The van der Waals surface area contributed by atoms with Gasteiger partial charge in [-0.1, -0.05) is 20.8 Å². The Kier molecular flexibility index (Phi) is 9.79. The van der Waals surface area contributed by atoms with Crippen LogP contribution in [0.1, 0.15) is 41.0 Å². The summed E-state index contributed by atoms with van der Waals surface area (Å²) in [5.74, 6) is 0.712. The number of hydrogen-bond acceptors (Lipinski definition) is 3. The summed E-state index contributed by atoms with van der Waals surface area (Å²) in [5.41, 5.74) is 0. The zero-order valence-corrected chi connectivity index (χ0v) is 12.6. The summed E-state index contributed by atoms with van der Waals surface area (Å²) < 4.78 is 5.20. The van der Waals surface area contributed by atoms with E-state index in [4.69, 9.17) is 4.74 Å². The Morgan fingerprint density at radius 1 is 1.18 bits per heavy atom. The normalized spacial score (nSPS) is 15.5. The van der Waals surface area contributed by atoms with Gasteiger partial charge in [-0.2, -0.15) is 0 Å². The van der Waals surface area contributed by atoms with Crippen molar-refractivity contribution in [2.24, 2.45) is 5.92 Å². The van der Waals surface area contributed by atoms with E-state index < -0.39 is 0 Å². The molecule has 0 bridgehead atoms. The van der Waals surface area contributed by atoms with E-state index in [1.54, 1.807) is 7.11 Å². The summed E-state index contributed by atoms with van der Waals surface area (Å²) in [7, 11) is 1.78. The third kappa shape index (κ3) is 8.58. The van der Waals surface area contributed by atoms with Gasteiger partial charge in [0.15, 0.2) is 0 Å². The van der Waals surface area contributed by atoms with E-state index in [1.165, 1.54) is 6.42 Å². The van der Waals surface area contributed by atoms with Crippen molar-refractivity contribution < 1.29 is 4.74 Å². The molecule has 0 aromatic carbocycles. The van der Waals surface area contributed by atoms with E-state index in [-0.39, 0.29) is 0 Å². The van der Waals surface area contributed by atoms with E-state index >= 15 is 0 Å². The third-order valence-electron chi connectivity index (χ3n) is 3.05. The van der Waals surface area contributed by atoms with Crippen LogP contribution in [-0.4, -0.2) is 50.3 Å². The lowest BCUT2D eigenvalue weighted by Crippen LogP contribution is -2.42. The highest BCUT2D eigenvalue weighted by Gasteiger charge is 2.16. The Labute approximate surface area is 108 Å². The summed E-state index contributed by atoms with van der Waals surface area (Å²) in [4.78, 5) is 2.54. The molecule has 0 heterocycles. The first kappa shape index (κ1) is 16.9. The molecular weight excluding hydrogens is 212 g/mol. The van der Waals surface area contributed by atoms with Gasteiger partial charge in [-0.3, -0.25) is 4.90 Å². The molecule has 1 N–H and O–H groups in total. The second-order valence-electron chi connectivity index (χ2n) is 5.43. The minimum absolute atomic E-state index is 0.590. The fraction of sp³-hybridized carbons (Fsp3) is 1.00. The quantitative estimate of drug-likeness (QED) is 0.638. The number of ether oxygens (including phenoxy) is 1. The van der Waals surface area contributed by atoms with Gasteiger partial charge in [-0.15, -0.1) is 0 Å². The predicted octanol–water partition coefficient (Wildman–Crippen LogP) is 2.37. The highest BCUT2D eigenvalue weighted by Crippen LogP contribution is 2.09. The summed E-state index contributed by atoms with van der Waals surface area (Å²) in [6, 6.07) is 1.20. The van der Waals surface area contributed by atoms with Crippen molar-refractivity contribution in [1.29, 1.82) is 0 Å². The summed E-state index contributed by atoms with van der Waals surface area (Å²) in [6.07, 6.45) is 1.20. The van der Waals surface area contributed by atoms with Crippen LogP contribution in [0.4, 0.5) is 0 Å². The number of nitrogens with zero attached hydrogens (tertiary/aromatic N) is 1. The van der Waals surface area contributed by atoms with Gasteiger partial charge in [0.05, 0.1) is 6.61 Å². The van der Waals surface area contributed by atoms with Crippen molar-refractivity contribution >= 4 is 0 Å². The van der Waals surface area contributed by atoms with E-state index in [9.17, 15) is 0 Å². The maximum Gasteiger partial charge on any atom is 0.0589 e. The van der Waals surface area contributed by atoms with Crippen LogP contribution < -0.4 is 5.32 Å². The molecule has 0 aliphatic carbocycles. The highest BCUT2D eigenvalue weighted by molar-refractivity contribution is 4.73. The molecule has 0 radical (unpaired) electrons. The maximum absolute atomic E-state index is 5.20.